The number of unbranched alkanes of at least 4 members (excludes halogenated alkanes) is 22. The van der Waals surface area contributed by atoms with Gasteiger partial charge in [-0.25, -0.2) is 0 Å². The second-order valence-electron chi connectivity index (χ2n) is 15.7. The van der Waals surface area contributed by atoms with Gasteiger partial charge in [0.05, 0.1) is 13.2 Å². The van der Waals surface area contributed by atoms with Crippen LogP contribution in [0.5, 0.6) is 0 Å². The Balaban J connectivity index is 4.29. The molecule has 0 spiro atoms. The second kappa shape index (κ2) is 38.6. The lowest BCUT2D eigenvalue weighted by molar-refractivity contribution is -0.163. The summed E-state index contributed by atoms with van der Waals surface area (Å²) in [5.41, 5.74) is -0.256. The summed E-state index contributed by atoms with van der Waals surface area (Å²) in [5, 5.41) is 9.56. The molecule has 0 heterocycles. The number of esters is 2. The lowest BCUT2D eigenvalue weighted by atomic mass is 9.85. The minimum Gasteiger partial charge on any atom is -0.466 e. The number of ether oxygens (including phenoxy) is 2. The van der Waals surface area contributed by atoms with Crippen molar-refractivity contribution in [1.29, 1.82) is 0 Å². The fourth-order valence-electron chi connectivity index (χ4n) is 7.44. The van der Waals surface area contributed by atoms with E-state index in [9.17, 15) is 14.7 Å². The summed E-state index contributed by atoms with van der Waals surface area (Å²) in [4.78, 5) is 27.6. The summed E-state index contributed by atoms with van der Waals surface area (Å²) in [7, 11) is 0. The topological polar surface area (TPSA) is 76.1 Å². The predicted octanol–water partition coefficient (Wildman–Crippen LogP) is 13.1. The van der Waals surface area contributed by atoms with Crippen molar-refractivity contribution in [2.45, 2.75) is 245 Å². The summed E-state index contributed by atoms with van der Waals surface area (Å²) in [6.07, 6.45) is 37.5. The fourth-order valence-corrected chi connectivity index (χ4v) is 7.44. The maximum Gasteiger partial charge on any atom is 0.306 e. The number of nitrogens with zero attached hydrogens (tertiary/aromatic N) is 1. The molecule has 0 bridgehead atoms. The van der Waals surface area contributed by atoms with Crippen LogP contribution in [-0.4, -0.2) is 60.4 Å². The Morgan fingerprint density at radius 2 is 0.863 bits per heavy atom. The van der Waals surface area contributed by atoms with Crippen molar-refractivity contribution >= 4 is 11.9 Å². The van der Waals surface area contributed by atoms with Crippen LogP contribution in [0, 0.1) is 0 Å². The van der Waals surface area contributed by atoms with Crippen LogP contribution < -0.4 is 0 Å². The molecule has 0 rings (SSSR count). The molecule has 51 heavy (non-hydrogen) atoms. The van der Waals surface area contributed by atoms with Gasteiger partial charge in [0.1, 0.15) is 5.60 Å². The minimum atomic E-state index is -0.256. The predicted molar refractivity (Wildman–Crippen MR) is 218 cm³/mol. The van der Waals surface area contributed by atoms with E-state index in [2.05, 4.69) is 32.6 Å². The highest BCUT2D eigenvalue weighted by Crippen LogP contribution is 2.33. The zero-order valence-electron chi connectivity index (χ0n) is 34.9. The van der Waals surface area contributed by atoms with E-state index in [0.717, 1.165) is 103 Å². The van der Waals surface area contributed by atoms with Gasteiger partial charge in [-0.15, -0.1) is 0 Å². The molecule has 1 N–H and O–H groups in total. The van der Waals surface area contributed by atoms with E-state index in [4.69, 9.17) is 9.47 Å². The molecule has 0 unspecified atom stereocenters. The molecule has 0 saturated heterocycles. The molecular weight excluding hydrogens is 634 g/mol. The van der Waals surface area contributed by atoms with Gasteiger partial charge < -0.3 is 19.5 Å². The third kappa shape index (κ3) is 33.2. The van der Waals surface area contributed by atoms with Crippen molar-refractivity contribution in [3.8, 4) is 0 Å². The first kappa shape index (κ1) is 49.9. The molecule has 6 nitrogen and oxygen atoms in total. The van der Waals surface area contributed by atoms with E-state index in [1.807, 2.05) is 0 Å². The molecule has 6 heteroatoms. The number of carbonyl (C=O) groups excluding carboxylic acids is 2. The van der Waals surface area contributed by atoms with Gasteiger partial charge in [0.25, 0.3) is 0 Å². The van der Waals surface area contributed by atoms with Crippen LogP contribution in [0.25, 0.3) is 0 Å². The Morgan fingerprint density at radius 1 is 0.451 bits per heavy atom. The first-order valence-electron chi connectivity index (χ1n) is 22.7. The summed E-state index contributed by atoms with van der Waals surface area (Å²) in [6, 6.07) is 0. The van der Waals surface area contributed by atoms with Crippen molar-refractivity contribution in [3.05, 3.63) is 0 Å². The minimum absolute atomic E-state index is 0.0240. The van der Waals surface area contributed by atoms with E-state index in [1.165, 1.54) is 109 Å². The number of aliphatic hydroxyl groups excluding tert-OH is 1. The first-order valence-corrected chi connectivity index (χ1v) is 22.7. The number of hydrogen-bond donors (Lipinski definition) is 1. The maximum absolute atomic E-state index is 13.1. The van der Waals surface area contributed by atoms with Gasteiger partial charge in [0.15, 0.2) is 0 Å². The third-order valence-electron chi connectivity index (χ3n) is 10.6. The third-order valence-corrected chi connectivity index (χ3v) is 10.6. The molecule has 304 valence electrons. The van der Waals surface area contributed by atoms with Gasteiger partial charge in [0, 0.05) is 19.4 Å². The second-order valence-corrected chi connectivity index (χ2v) is 15.7. The van der Waals surface area contributed by atoms with E-state index >= 15 is 0 Å². The Bertz CT molecular complexity index is 728. The molecular formula is C45H89NO5. The summed E-state index contributed by atoms with van der Waals surface area (Å²) in [5.74, 6) is -0.0287. The monoisotopic (exact) mass is 724 g/mol. The van der Waals surface area contributed by atoms with Crippen LogP contribution in [0.2, 0.25) is 0 Å². The van der Waals surface area contributed by atoms with Crippen LogP contribution in [-0.2, 0) is 19.1 Å². The quantitative estimate of drug-likeness (QED) is 0.0500. The molecule has 0 atom stereocenters. The largest absolute Gasteiger partial charge is 0.466 e. The maximum atomic E-state index is 13.1. The van der Waals surface area contributed by atoms with Crippen molar-refractivity contribution < 1.29 is 24.2 Å². The number of hydrogen-bond acceptors (Lipinski definition) is 6. The van der Waals surface area contributed by atoms with Crippen LogP contribution in [0.3, 0.4) is 0 Å². The SMILES string of the molecule is CCCCCCCCCOC(=O)CCCCCN(CCO)CCCCCCCC(=O)OC(CCC)(CCCCCCCC)CCCCCCCC. The van der Waals surface area contributed by atoms with E-state index in [0.29, 0.717) is 26.0 Å². The smallest absolute Gasteiger partial charge is 0.306 e. The lowest BCUT2D eigenvalue weighted by Gasteiger charge is -2.34. The fraction of sp³-hybridized carbons (Fsp3) is 0.956. The van der Waals surface area contributed by atoms with E-state index < -0.39 is 0 Å². The number of rotatable bonds is 41. The van der Waals surface area contributed by atoms with Crippen LogP contribution >= 0.6 is 0 Å². The standard InChI is InChI=1S/C45H89NO5/c1-5-9-12-15-18-24-32-42-50-43(48)33-27-25-31-39-46(40-41-47)38-30-23-19-20-26-34-44(49)51-45(35-8-4,36-28-21-16-13-10-6-2)37-29-22-17-14-11-7-3/h47H,5-42H2,1-4H3. The number of aliphatic hydroxyl groups is 1. The molecule has 0 aliphatic heterocycles. The number of carbonyl (C=O) groups is 2. The van der Waals surface area contributed by atoms with Gasteiger partial charge in [-0.05, 0) is 77.3 Å². The van der Waals surface area contributed by atoms with Gasteiger partial charge in [-0.1, -0.05) is 163 Å². The van der Waals surface area contributed by atoms with Crippen LogP contribution in [0.15, 0.2) is 0 Å². The van der Waals surface area contributed by atoms with Crippen LogP contribution in [0.1, 0.15) is 240 Å². The highest BCUT2D eigenvalue weighted by molar-refractivity contribution is 5.70. The Kier molecular flexibility index (Phi) is 37.7. The Hall–Kier alpha value is -1.14. The molecule has 0 fully saturated rings. The van der Waals surface area contributed by atoms with Crippen molar-refractivity contribution in [2.24, 2.45) is 0 Å². The highest BCUT2D eigenvalue weighted by Gasteiger charge is 2.32. The van der Waals surface area contributed by atoms with Crippen LogP contribution in [0.4, 0.5) is 0 Å². The van der Waals surface area contributed by atoms with Gasteiger partial charge in [-0.3, -0.25) is 9.59 Å². The molecule has 0 aliphatic rings. The Morgan fingerprint density at radius 3 is 1.35 bits per heavy atom. The lowest BCUT2D eigenvalue weighted by Crippen LogP contribution is -2.35. The molecule has 0 saturated carbocycles. The molecule has 0 aliphatic carbocycles. The van der Waals surface area contributed by atoms with Crippen molar-refractivity contribution in [3.63, 3.8) is 0 Å². The molecule has 0 aromatic heterocycles. The zero-order valence-corrected chi connectivity index (χ0v) is 34.9. The van der Waals surface area contributed by atoms with Crippen molar-refractivity contribution in [1.82, 2.24) is 4.90 Å². The molecule has 0 aromatic carbocycles. The van der Waals surface area contributed by atoms with Gasteiger partial charge in [-0.2, -0.15) is 0 Å². The first-order chi connectivity index (χ1) is 25.0. The van der Waals surface area contributed by atoms with E-state index in [-0.39, 0.29) is 24.1 Å². The van der Waals surface area contributed by atoms with Gasteiger partial charge >= 0.3 is 11.9 Å². The highest BCUT2D eigenvalue weighted by atomic mass is 16.6. The summed E-state index contributed by atoms with van der Waals surface area (Å²) in [6.45, 7) is 12.4. The van der Waals surface area contributed by atoms with Crippen molar-refractivity contribution in [2.75, 3.05) is 32.8 Å². The average Bonchev–Trinajstić information content (AvgIpc) is 3.11. The summed E-state index contributed by atoms with van der Waals surface area (Å²) >= 11 is 0. The Labute approximate surface area is 318 Å². The van der Waals surface area contributed by atoms with E-state index in [1.54, 1.807) is 0 Å². The molecule has 0 amide bonds. The molecule has 0 aromatic rings. The molecule has 0 radical (unpaired) electrons. The van der Waals surface area contributed by atoms with Gasteiger partial charge in [0.2, 0.25) is 0 Å². The normalized spacial score (nSPS) is 11.8. The summed E-state index contributed by atoms with van der Waals surface area (Å²) < 4.78 is 11.9. The average molecular weight is 724 g/mol. The zero-order chi connectivity index (χ0) is 37.5.